The number of amides is 2. The van der Waals surface area contributed by atoms with E-state index in [0.717, 1.165) is 24.8 Å². The van der Waals surface area contributed by atoms with Gasteiger partial charge in [-0.25, -0.2) is 5.48 Å². The molecular formula is C23H34N2O5. The van der Waals surface area contributed by atoms with Crippen molar-refractivity contribution in [2.45, 2.75) is 52.0 Å². The van der Waals surface area contributed by atoms with Crippen LogP contribution < -0.4 is 10.8 Å². The number of carbonyl (C=O) groups is 2. The monoisotopic (exact) mass is 418 g/mol. The van der Waals surface area contributed by atoms with Crippen LogP contribution in [0.15, 0.2) is 42.0 Å². The fourth-order valence-electron chi connectivity index (χ4n) is 3.64. The molecule has 2 amide bonds. The van der Waals surface area contributed by atoms with Crippen LogP contribution in [-0.4, -0.2) is 43.1 Å². The summed E-state index contributed by atoms with van der Waals surface area (Å²) in [5.41, 5.74) is 4.07. The second-order valence-corrected chi connectivity index (χ2v) is 7.81. The highest BCUT2D eigenvalue weighted by Gasteiger charge is 2.27. The average molecular weight is 419 g/mol. The van der Waals surface area contributed by atoms with Crippen LogP contribution in [0, 0.1) is 11.8 Å². The lowest BCUT2D eigenvalue weighted by Gasteiger charge is -2.27. The fourth-order valence-corrected chi connectivity index (χ4v) is 3.64. The zero-order valence-corrected chi connectivity index (χ0v) is 17.9. The van der Waals surface area contributed by atoms with E-state index in [-0.39, 0.29) is 31.3 Å². The SMILES string of the molecule is CCOCOCC(CC(Cc1ccccc1)C(=O)NO)NC(=O)C1CC=C(C)CC1. The molecule has 1 aromatic rings. The summed E-state index contributed by atoms with van der Waals surface area (Å²) in [4.78, 5) is 25.1. The van der Waals surface area contributed by atoms with Crippen LogP contribution >= 0.6 is 0 Å². The summed E-state index contributed by atoms with van der Waals surface area (Å²) < 4.78 is 10.8. The zero-order valence-electron chi connectivity index (χ0n) is 17.9. The van der Waals surface area contributed by atoms with Crippen molar-refractivity contribution in [1.29, 1.82) is 0 Å². The van der Waals surface area contributed by atoms with E-state index >= 15 is 0 Å². The first-order valence-corrected chi connectivity index (χ1v) is 10.6. The minimum atomic E-state index is -0.508. The molecule has 166 valence electrons. The molecule has 3 N–H and O–H groups in total. The molecule has 0 fully saturated rings. The van der Waals surface area contributed by atoms with Crippen molar-refractivity contribution in [2.24, 2.45) is 11.8 Å². The third kappa shape index (κ3) is 8.26. The molecule has 7 heteroatoms. The predicted molar refractivity (Wildman–Crippen MR) is 114 cm³/mol. The van der Waals surface area contributed by atoms with Gasteiger partial charge in [0.1, 0.15) is 6.79 Å². The maximum absolute atomic E-state index is 12.8. The molecule has 0 saturated carbocycles. The molecule has 0 saturated heterocycles. The van der Waals surface area contributed by atoms with Gasteiger partial charge in [0, 0.05) is 18.4 Å². The molecule has 3 unspecified atom stereocenters. The van der Waals surface area contributed by atoms with E-state index in [9.17, 15) is 14.8 Å². The molecule has 7 nitrogen and oxygen atoms in total. The molecule has 1 aromatic carbocycles. The van der Waals surface area contributed by atoms with Gasteiger partial charge in [-0.3, -0.25) is 14.8 Å². The Kier molecular flexibility index (Phi) is 10.5. The maximum atomic E-state index is 12.8. The van der Waals surface area contributed by atoms with Gasteiger partial charge in [0.05, 0.1) is 12.6 Å². The van der Waals surface area contributed by atoms with Crippen LogP contribution in [-0.2, 0) is 25.5 Å². The summed E-state index contributed by atoms with van der Waals surface area (Å²) in [7, 11) is 0. The average Bonchev–Trinajstić information content (AvgIpc) is 2.76. The molecule has 3 atom stereocenters. The Labute approximate surface area is 178 Å². The van der Waals surface area contributed by atoms with Crippen molar-refractivity contribution in [1.82, 2.24) is 10.8 Å². The largest absolute Gasteiger partial charge is 0.356 e. The Morgan fingerprint density at radius 1 is 1.23 bits per heavy atom. The highest BCUT2D eigenvalue weighted by molar-refractivity contribution is 5.80. The van der Waals surface area contributed by atoms with Gasteiger partial charge in [-0.2, -0.15) is 0 Å². The molecule has 0 bridgehead atoms. The first kappa shape index (κ1) is 24.1. The van der Waals surface area contributed by atoms with E-state index in [1.165, 1.54) is 5.57 Å². The van der Waals surface area contributed by atoms with Crippen LogP contribution in [0.25, 0.3) is 0 Å². The van der Waals surface area contributed by atoms with Crippen LogP contribution in [0.5, 0.6) is 0 Å². The minimum absolute atomic E-state index is 0.0216. The van der Waals surface area contributed by atoms with Crippen molar-refractivity contribution >= 4 is 11.8 Å². The molecule has 2 rings (SSSR count). The molecule has 1 aliphatic rings. The summed E-state index contributed by atoms with van der Waals surface area (Å²) >= 11 is 0. The summed E-state index contributed by atoms with van der Waals surface area (Å²) in [6, 6.07) is 9.24. The van der Waals surface area contributed by atoms with E-state index in [0.29, 0.717) is 19.4 Å². The lowest BCUT2D eigenvalue weighted by Crippen LogP contribution is -2.45. The topological polar surface area (TPSA) is 96.9 Å². The Morgan fingerprint density at radius 2 is 2.00 bits per heavy atom. The molecule has 0 heterocycles. The van der Waals surface area contributed by atoms with E-state index in [4.69, 9.17) is 9.47 Å². The van der Waals surface area contributed by atoms with Gasteiger partial charge in [-0.05, 0) is 51.5 Å². The number of allylic oxidation sites excluding steroid dienone is 2. The molecule has 0 aromatic heterocycles. The zero-order chi connectivity index (χ0) is 21.8. The normalized spacial score (nSPS) is 18.2. The number of carbonyl (C=O) groups excluding carboxylic acids is 2. The van der Waals surface area contributed by atoms with E-state index < -0.39 is 11.8 Å². The summed E-state index contributed by atoms with van der Waals surface area (Å²) in [6.45, 7) is 4.86. The van der Waals surface area contributed by atoms with E-state index in [1.54, 1.807) is 5.48 Å². The Hall–Kier alpha value is -2.22. The molecule has 0 aliphatic heterocycles. The lowest BCUT2D eigenvalue weighted by atomic mass is 9.88. The van der Waals surface area contributed by atoms with Crippen LogP contribution in [0.2, 0.25) is 0 Å². The van der Waals surface area contributed by atoms with Crippen molar-refractivity contribution in [3.05, 3.63) is 47.5 Å². The van der Waals surface area contributed by atoms with Gasteiger partial charge in [0.25, 0.3) is 0 Å². The van der Waals surface area contributed by atoms with Crippen LogP contribution in [0.3, 0.4) is 0 Å². The number of benzene rings is 1. The van der Waals surface area contributed by atoms with Gasteiger partial charge < -0.3 is 14.8 Å². The number of rotatable bonds is 12. The number of ether oxygens (including phenoxy) is 2. The third-order valence-electron chi connectivity index (χ3n) is 5.42. The standard InChI is InChI=1S/C23H34N2O5/c1-3-29-16-30-15-21(24-22(26)19-11-9-17(2)10-12-19)14-20(23(27)25-28)13-18-7-5-4-6-8-18/h4-9,19-21,28H,3,10-16H2,1-2H3,(H,24,26)(H,25,27). The second kappa shape index (κ2) is 13.2. The Balaban J connectivity index is 2.04. The summed E-state index contributed by atoms with van der Waals surface area (Å²) in [5.74, 6) is -1.07. The van der Waals surface area contributed by atoms with Crippen molar-refractivity contribution in [3.63, 3.8) is 0 Å². The molecule has 1 aliphatic carbocycles. The van der Waals surface area contributed by atoms with Gasteiger partial charge >= 0.3 is 0 Å². The van der Waals surface area contributed by atoms with Crippen molar-refractivity contribution in [3.8, 4) is 0 Å². The quantitative estimate of drug-likeness (QED) is 0.159. The second-order valence-electron chi connectivity index (χ2n) is 7.81. The van der Waals surface area contributed by atoms with Crippen molar-refractivity contribution in [2.75, 3.05) is 20.0 Å². The summed E-state index contributed by atoms with van der Waals surface area (Å²) in [5, 5.41) is 12.3. The fraction of sp³-hybridized carbons (Fsp3) is 0.565. The molecule has 0 spiro atoms. The van der Waals surface area contributed by atoms with Gasteiger partial charge in [-0.1, -0.05) is 42.0 Å². The molecule has 0 radical (unpaired) electrons. The highest BCUT2D eigenvalue weighted by atomic mass is 16.7. The smallest absolute Gasteiger partial charge is 0.246 e. The Morgan fingerprint density at radius 3 is 2.63 bits per heavy atom. The van der Waals surface area contributed by atoms with Crippen molar-refractivity contribution < 1.29 is 24.3 Å². The predicted octanol–water partition coefficient (Wildman–Crippen LogP) is 2.98. The van der Waals surface area contributed by atoms with Gasteiger partial charge in [0.15, 0.2) is 0 Å². The third-order valence-corrected chi connectivity index (χ3v) is 5.42. The number of hydroxylamine groups is 1. The molecule has 30 heavy (non-hydrogen) atoms. The number of hydrogen-bond acceptors (Lipinski definition) is 5. The van der Waals surface area contributed by atoms with Crippen LogP contribution in [0.1, 0.15) is 45.1 Å². The highest BCUT2D eigenvalue weighted by Crippen LogP contribution is 2.24. The number of hydrogen-bond donors (Lipinski definition) is 3. The number of nitrogens with one attached hydrogen (secondary N) is 2. The molecular weight excluding hydrogens is 384 g/mol. The lowest BCUT2D eigenvalue weighted by molar-refractivity contribution is -0.135. The summed E-state index contributed by atoms with van der Waals surface area (Å²) in [6.07, 6.45) is 5.40. The van der Waals surface area contributed by atoms with Crippen LogP contribution in [0.4, 0.5) is 0 Å². The maximum Gasteiger partial charge on any atom is 0.246 e. The first-order chi connectivity index (χ1) is 14.5. The first-order valence-electron chi connectivity index (χ1n) is 10.6. The van der Waals surface area contributed by atoms with Gasteiger partial charge in [0.2, 0.25) is 11.8 Å². The minimum Gasteiger partial charge on any atom is -0.356 e. The van der Waals surface area contributed by atoms with E-state index in [1.807, 2.05) is 37.3 Å². The van der Waals surface area contributed by atoms with E-state index in [2.05, 4.69) is 18.3 Å². The van der Waals surface area contributed by atoms with Gasteiger partial charge in [-0.15, -0.1) is 0 Å². The Bertz CT molecular complexity index is 692.